The van der Waals surface area contributed by atoms with Crippen molar-refractivity contribution in [2.75, 3.05) is 18.4 Å². The predicted octanol–water partition coefficient (Wildman–Crippen LogP) is 2.28. The summed E-state index contributed by atoms with van der Waals surface area (Å²) in [5.74, 6) is 0.706. The molecule has 27 heavy (non-hydrogen) atoms. The maximum absolute atomic E-state index is 12.4. The van der Waals surface area contributed by atoms with Gasteiger partial charge in [-0.25, -0.2) is 0 Å². The minimum Gasteiger partial charge on any atom is -0.467 e. The molecule has 8 heteroatoms. The van der Waals surface area contributed by atoms with E-state index in [1.165, 1.54) is 0 Å². The molecule has 3 heterocycles. The van der Waals surface area contributed by atoms with Gasteiger partial charge in [0.2, 0.25) is 17.7 Å². The molecule has 8 nitrogen and oxygen atoms in total. The van der Waals surface area contributed by atoms with Crippen LogP contribution in [0.25, 0.3) is 0 Å². The number of nitrogens with one attached hydrogen (secondary N) is 2. The van der Waals surface area contributed by atoms with Gasteiger partial charge >= 0.3 is 0 Å². The number of nitrogens with zero attached hydrogens (tertiary/aromatic N) is 2. The van der Waals surface area contributed by atoms with E-state index in [1.54, 1.807) is 18.4 Å². The number of rotatable bonds is 6. The topological polar surface area (TPSA) is 101 Å². The molecule has 0 aliphatic carbocycles. The second-order valence-corrected chi connectivity index (χ2v) is 7.80. The molecule has 1 fully saturated rings. The monoisotopic (exact) mass is 374 g/mol. The standard InChI is InChI=1S/C19H26N4O4/c1-19(2,3)15-10-17(27-22-15)21-16(24)12-23-8-4-7-14(23)18(25)20-11-13-6-5-9-26-13/h5-6,9-10,14H,4,7-8,11-12H2,1-3H3,(H,20,25)(H,21,24). The number of anilines is 1. The van der Waals surface area contributed by atoms with Crippen LogP contribution >= 0.6 is 0 Å². The number of aromatic nitrogens is 1. The van der Waals surface area contributed by atoms with Crippen molar-refractivity contribution >= 4 is 17.7 Å². The van der Waals surface area contributed by atoms with Gasteiger partial charge in [0, 0.05) is 11.5 Å². The largest absolute Gasteiger partial charge is 0.467 e. The normalized spacial score (nSPS) is 17.8. The summed E-state index contributed by atoms with van der Waals surface area (Å²) in [6.45, 7) is 7.24. The summed E-state index contributed by atoms with van der Waals surface area (Å²) in [5, 5.41) is 9.57. The van der Waals surface area contributed by atoms with E-state index in [9.17, 15) is 9.59 Å². The van der Waals surface area contributed by atoms with Gasteiger partial charge in [0.1, 0.15) is 5.76 Å². The fourth-order valence-corrected chi connectivity index (χ4v) is 3.07. The quantitative estimate of drug-likeness (QED) is 0.805. The molecule has 2 amide bonds. The van der Waals surface area contributed by atoms with Crippen LogP contribution in [-0.4, -0.2) is 41.0 Å². The highest BCUT2D eigenvalue weighted by molar-refractivity contribution is 5.91. The van der Waals surface area contributed by atoms with E-state index in [4.69, 9.17) is 8.94 Å². The second-order valence-electron chi connectivity index (χ2n) is 7.80. The number of hydrogen-bond donors (Lipinski definition) is 2. The maximum Gasteiger partial charge on any atom is 0.240 e. The van der Waals surface area contributed by atoms with Gasteiger partial charge in [0.25, 0.3) is 0 Å². The summed E-state index contributed by atoms with van der Waals surface area (Å²) < 4.78 is 10.4. The molecule has 3 rings (SSSR count). The van der Waals surface area contributed by atoms with Gasteiger partial charge in [-0.3, -0.25) is 19.8 Å². The van der Waals surface area contributed by atoms with Crippen molar-refractivity contribution in [2.45, 2.75) is 51.6 Å². The second kappa shape index (κ2) is 7.96. The van der Waals surface area contributed by atoms with E-state index in [2.05, 4.69) is 15.8 Å². The van der Waals surface area contributed by atoms with Crippen molar-refractivity contribution < 1.29 is 18.5 Å². The van der Waals surface area contributed by atoms with Crippen molar-refractivity contribution in [3.63, 3.8) is 0 Å². The summed E-state index contributed by atoms with van der Waals surface area (Å²) in [4.78, 5) is 26.7. The van der Waals surface area contributed by atoms with Gasteiger partial charge in [-0.1, -0.05) is 25.9 Å². The Morgan fingerprint density at radius 3 is 2.85 bits per heavy atom. The number of furan rings is 1. The van der Waals surface area contributed by atoms with Crippen molar-refractivity contribution in [1.29, 1.82) is 0 Å². The zero-order valence-corrected chi connectivity index (χ0v) is 15.9. The first-order valence-electron chi connectivity index (χ1n) is 9.14. The minimum absolute atomic E-state index is 0.0913. The minimum atomic E-state index is -0.314. The first-order chi connectivity index (χ1) is 12.8. The molecule has 1 atom stereocenters. The van der Waals surface area contributed by atoms with Crippen LogP contribution in [0.3, 0.4) is 0 Å². The molecule has 0 aromatic carbocycles. The molecule has 146 valence electrons. The van der Waals surface area contributed by atoms with Crippen LogP contribution in [-0.2, 0) is 21.5 Å². The van der Waals surface area contributed by atoms with Gasteiger partial charge in [-0.2, -0.15) is 0 Å². The maximum atomic E-state index is 12.4. The summed E-state index contributed by atoms with van der Waals surface area (Å²) >= 11 is 0. The molecule has 0 radical (unpaired) electrons. The van der Waals surface area contributed by atoms with E-state index in [0.29, 0.717) is 24.7 Å². The van der Waals surface area contributed by atoms with Gasteiger partial charge in [-0.05, 0) is 31.5 Å². The van der Waals surface area contributed by atoms with E-state index in [-0.39, 0.29) is 29.8 Å². The Bertz CT molecular complexity index is 776. The fraction of sp³-hybridized carbons (Fsp3) is 0.526. The molecular formula is C19H26N4O4. The average Bonchev–Trinajstić information content (AvgIpc) is 3.33. The van der Waals surface area contributed by atoms with Crippen LogP contribution in [0.2, 0.25) is 0 Å². The summed E-state index contributed by atoms with van der Waals surface area (Å²) in [7, 11) is 0. The van der Waals surface area contributed by atoms with Gasteiger partial charge in [0.15, 0.2) is 0 Å². The Labute approximate surface area is 158 Å². The van der Waals surface area contributed by atoms with Crippen LogP contribution in [0.5, 0.6) is 0 Å². The molecule has 1 saturated heterocycles. The molecule has 0 bridgehead atoms. The smallest absolute Gasteiger partial charge is 0.240 e. The van der Waals surface area contributed by atoms with Crippen LogP contribution in [0.1, 0.15) is 45.1 Å². The number of amides is 2. The van der Waals surface area contributed by atoms with Crippen molar-refractivity contribution in [3.8, 4) is 0 Å². The molecule has 2 aromatic rings. The lowest BCUT2D eigenvalue weighted by Crippen LogP contribution is -2.45. The average molecular weight is 374 g/mol. The SMILES string of the molecule is CC(C)(C)c1cc(NC(=O)CN2CCCC2C(=O)NCc2ccco2)on1. The Morgan fingerprint density at radius 1 is 1.37 bits per heavy atom. The zero-order chi connectivity index (χ0) is 19.4. The number of carbonyl (C=O) groups excluding carboxylic acids is 2. The van der Waals surface area contributed by atoms with E-state index in [0.717, 1.165) is 18.5 Å². The molecule has 1 unspecified atom stereocenters. The zero-order valence-electron chi connectivity index (χ0n) is 15.9. The van der Waals surface area contributed by atoms with Gasteiger partial charge in [0.05, 0.1) is 31.1 Å². The third-order valence-corrected chi connectivity index (χ3v) is 4.57. The lowest BCUT2D eigenvalue weighted by Gasteiger charge is -2.22. The van der Waals surface area contributed by atoms with Crippen LogP contribution in [0.4, 0.5) is 5.88 Å². The number of hydrogen-bond acceptors (Lipinski definition) is 6. The Balaban J connectivity index is 1.51. The van der Waals surface area contributed by atoms with E-state index in [1.807, 2.05) is 31.7 Å². The Hall–Kier alpha value is -2.61. The number of likely N-dealkylation sites (tertiary alicyclic amines) is 1. The molecule has 0 spiro atoms. The van der Waals surface area contributed by atoms with Crippen molar-refractivity contribution in [3.05, 3.63) is 35.9 Å². The van der Waals surface area contributed by atoms with Gasteiger partial charge in [-0.15, -0.1) is 0 Å². The summed E-state index contributed by atoms with van der Waals surface area (Å²) in [5.41, 5.74) is 0.618. The number of carbonyl (C=O) groups is 2. The van der Waals surface area contributed by atoms with Crippen LogP contribution in [0.15, 0.2) is 33.4 Å². The molecule has 1 aliphatic rings. The lowest BCUT2D eigenvalue weighted by molar-refractivity contribution is -0.126. The molecular weight excluding hydrogens is 348 g/mol. The molecule has 2 aromatic heterocycles. The van der Waals surface area contributed by atoms with E-state index < -0.39 is 0 Å². The lowest BCUT2D eigenvalue weighted by atomic mass is 9.92. The Morgan fingerprint density at radius 2 is 2.19 bits per heavy atom. The summed E-state index contributed by atoms with van der Waals surface area (Å²) in [6, 6.07) is 5.01. The highest BCUT2D eigenvalue weighted by atomic mass is 16.5. The Kier molecular flexibility index (Phi) is 5.65. The summed E-state index contributed by atoms with van der Waals surface area (Å²) in [6.07, 6.45) is 3.18. The fourth-order valence-electron chi connectivity index (χ4n) is 3.07. The van der Waals surface area contributed by atoms with Crippen molar-refractivity contribution in [1.82, 2.24) is 15.4 Å². The highest BCUT2D eigenvalue weighted by Crippen LogP contribution is 2.24. The van der Waals surface area contributed by atoms with Gasteiger partial charge < -0.3 is 14.3 Å². The third kappa shape index (κ3) is 4.97. The molecule has 1 aliphatic heterocycles. The first kappa shape index (κ1) is 19.2. The van der Waals surface area contributed by atoms with Crippen LogP contribution < -0.4 is 10.6 Å². The highest BCUT2D eigenvalue weighted by Gasteiger charge is 2.32. The first-order valence-corrected chi connectivity index (χ1v) is 9.14. The van der Waals surface area contributed by atoms with E-state index >= 15 is 0 Å². The van der Waals surface area contributed by atoms with Crippen molar-refractivity contribution in [2.24, 2.45) is 0 Å². The molecule has 2 N–H and O–H groups in total. The predicted molar refractivity (Wildman–Crippen MR) is 99.0 cm³/mol. The van der Waals surface area contributed by atoms with Crippen LogP contribution in [0, 0.1) is 0 Å². The molecule has 0 saturated carbocycles. The third-order valence-electron chi connectivity index (χ3n) is 4.57.